The summed E-state index contributed by atoms with van der Waals surface area (Å²) in [6.07, 6.45) is 0.986. The minimum Gasteiger partial charge on any atom is -0.497 e. The maximum atomic E-state index is 5.19. The Balaban J connectivity index is 2.09. The van der Waals surface area contributed by atoms with Gasteiger partial charge in [-0.15, -0.1) is 11.3 Å². The van der Waals surface area contributed by atoms with Gasteiger partial charge in [-0.3, -0.25) is 0 Å². The van der Waals surface area contributed by atoms with Gasteiger partial charge in [0.2, 0.25) is 0 Å². The van der Waals surface area contributed by atoms with Crippen molar-refractivity contribution in [3.05, 3.63) is 34.2 Å². The van der Waals surface area contributed by atoms with Crippen LogP contribution in [0.25, 0.3) is 11.3 Å². The van der Waals surface area contributed by atoms with Crippen molar-refractivity contribution in [2.45, 2.75) is 33.2 Å². The zero-order valence-electron chi connectivity index (χ0n) is 12.6. The fraction of sp³-hybridized carbons (Fsp3) is 0.438. The summed E-state index contributed by atoms with van der Waals surface area (Å²) in [6, 6.07) is 8.62. The second-order valence-corrected chi connectivity index (χ2v) is 6.39. The smallest absolute Gasteiger partial charge is 0.118 e. The van der Waals surface area contributed by atoms with Crippen molar-refractivity contribution in [1.29, 1.82) is 0 Å². The van der Waals surface area contributed by atoms with E-state index in [4.69, 9.17) is 9.72 Å². The average Bonchev–Trinajstić information content (AvgIpc) is 2.79. The molecular formula is C16H22N2OS. The zero-order valence-corrected chi connectivity index (χ0v) is 13.4. The van der Waals surface area contributed by atoms with Crippen molar-refractivity contribution in [3.8, 4) is 17.0 Å². The number of aromatic nitrogens is 1. The fourth-order valence-corrected chi connectivity index (χ4v) is 3.00. The van der Waals surface area contributed by atoms with Crippen LogP contribution in [0.5, 0.6) is 5.75 Å². The van der Waals surface area contributed by atoms with E-state index < -0.39 is 0 Å². The number of rotatable bonds is 6. The second-order valence-electron chi connectivity index (χ2n) is 5.10. The Morgan fingerprint density at radius 2 is 1.95 bits per heavy atom. The van der Waals surface area contributed by atoms with Crippen LogP contribution < -0.4 is 10.1 Å². The van der Waals surface area contributed by atoms with Gasteiger partial charge >= 0.3 is 0 Å². The van der Waals surface area contributed by atoms with Gasteiger partial charge in [-0.25, -0.2) is 4.98 Å². The summed E-state index contributed by atoms with van der Waals surface area (Å²) in [5.41, 5.74) is 2.25. The van der Waals surface area contributed by atoms with Crippen LogP contribution in [-0.4, -0.2) is 24.7 Å². The number of nitrogens with one attached hydrogen (secondary N) is 1. The molecule has 2 rings (SSSR count). The van der Waals surface area contributed by atoms with E-state index in [0.717, 1.165) is 30.0 Å². The summed E-state index contributed by atoms with van der Waals surface area (Å²) in [5.74, 6) is 0.878. The Morgan fingerprint density at radius 3 is 2.55 bits per heavy atom. The molecule has 2 aromatic rings. The van der Waals surface area contributed by atoms with Gasteiger partial charge in [0.25, 0.3) is 0 Å². The molecule has 3 nitrogen and oxygen atoms in total. The highest BCUT2D eigenvalue weighted by atomic mass is 32.1. The fourth-order valence-electron chi connectivity index (χ4n) is 2.04. The van der Waals surface area contributed by atoms with Gasteiger partial charge in [-0.1, -0.05) is 13.8 Å². The molecule has 0 radical (unpaired) electrons. The Kier molecular flexibility index (Phi) is 5.15. The predicted octanol–water partition coefficient (Wildman–Crippen LogP) is 3.67. The third-order valence-corrected chi connectivity index (χ3v) is 4.13. The number of ether oxygens (including phenoxy) is 1. The molecule has 0 saturated heterocycles. The molecule has 1 aromatic carbocycles. The van der Waals surface area contributed by atoms with Gasteiger partial charge in [0.05, 0.1) is 17.8 Å². The summed E-state index contributed by atoms with van der Waals surface area (Å²) >= 11 is 1.79. The molecule has 0 unspecified atom stereocenters. The van der Waals surface area contributed by atoms with Crippen LogP contribution in [0.1, 0.15) is 23.7 Å². The van der Waals surface area contributed by atoms with E-state index in [1.54, 1.807) is 18.4 Å². The first-order chi connectivity index (χ1) is 9.60. The van der Waals surface area contributed by atoms with E-state index in [0.29, 0.717) is 6.04 Å². The summed E-state index contributed by atoms with van der Waals surface area (Å²) in [7, 11) is 1.68. The highest BCUT2D eigenvalue weighted by Gasteiger charge is 2.10. The Morgan fingerprint density at radius 1 is 1.25 bits per heavy atom. The zero-order chi connectivity index (χ0) is 14.5. The molecule has 1 aromatic heterocycles. The third-order valence-electron chi connectivity index (χ3n) is 3.10. The maximum absolute atomic E-state index is 5.19. The van der Waals surface area contributed by atoms with Gasteiger partial charge in [-0.2, -0.15) is 0 Å². The second kappa shape index (κ2) is 6.86. The summed E-state index contributed by atoms with van der Waals surface area (Å²) in [4.78, 5) is 6.04. The molecule has 108 valence electrons. The van der Waals surface area contributed by atoms with Gasteiger partial charge < -0.3 is 10.1 Å². The molecule has 0 fully saturated rings. The van der Waals surface area contributed by atoms with Gasteiger partial charge in [0.15, 0.2) is 0 Å². The number of hydrogen-bond acceptors (Lipinski definition) is 4. The topological polar surface area (TPSA) is 34.1 Å². The Hall–Kier alpha value is -1.39. The number of nitrogens with zero attached hydrogens (tertiary/aromatic N) is 1. The minimum atomic E-state index is 0.525. The quantitative estimate of drug-likeness (QED) is 0.881. The van der Waals surface area contributed by atoms with Crippen LogP contribution in [0.4, 0.5) is 0 Å². The first kappa shape index (κ1) is 15.0. The number of benzene rings is 1. The lowest BCUT2D eigenvalue weighted by Gasteiger charge is -2.05. The SMILES string of the molecule is COc1ccc(-c2nc(CCNC(C)C)sc2C)cc1. The average molecular weight is 290 g/mol. The molecule has 0 aliphatic rings. The molecule has 0 spiro atoms. The van der Waals surface area contributed by atoms with E-state index in [2.05, 4.69) is 38.2 Å². The molecule has 0 amide bonds. The summed E-state index contributed by atoms with van der Waals surface area (Å²) < 4.78 is 5.19. The summed E-state index contributed by atoms with van der Waals surface area (Å²) in [6.45, 7) is 7.44. The van der Waals surface area contributed by atoms with Gasteiger partial charge in [0, 0.05) is 29.4 Å². The number of thiazole rings is 1. The molecule has 1 N–H and O–H groups in total. The lowest BCUT2D eigenvalue weighted by atomic mass is 10.1. The Labute approximate surface area is 125 Å². The first-order valence-corrected chi connectivity index (χ1v) is 7.76. The molecule has 0 bridgehead atoms. The highest BCUT2D eigenvalue weighted by molar-refractivity contribution is 7.12. The van der Waals surface area contributed by atoms with Crippen LogP contribution in [0.15, 0.2) is 24.3 Å². The van der Waals surface area contributed by atoms with E-state index >= 15 is 0 Å². The largest absolute Gasteiger partial charge is 0.497 e. The van der Waals surface area contributed by atoms with Crippen molar-refractivity contribution >= 4 is 11.3 Å². The third kappa shape index (κ3) is 3.81. The van der Waals surface area contributed by atoms with E-state index in [-0.39, 0.29) is 0 Å². The molecule has 0 saturated carbocycles. The van der Waals surface area contributed by atoms with Crippen LogP contribution in [-0.2, 0) is 6.42 Å². The highest BCUT2D eigenvalue weighted by Crippen LogP contribution is 2.28. The van der Waals surface area contributed by atoms with Crippen molar-refractivity contribution in [2.75, 3.05) is 13.7 Å². The van der Waals surface area contributed by atoms with E-state index in [1.807, 2.05) is 12.1 Å². The standard InChI is InChI=1S/C16H22N2OS/c1-11(2)17-10-9-15-18-16(12(3)20-15)13-5-7-14(19-4)8-6-13/h5-8,11,17H,9-10H2,1-4H3. The summed E-state index contributed by atoms with van der Waals surface area (Å²) in [5, 5.41) is 4.62. The maximum Gasteiger partial charge on any atom is 0.118 e. The van der Waals surface area contributed by atoms with E-state index in [9.17, 15) is 0 Å². The predicted molar refractivity (Wildman–Crippen MR) is 85.7 cm³/mol. The van der Waals surface area contributed by atoms with Crippen LogP contribution in [0.3, 0.4) is 0 Å². The van der Waals surface area contributed by atoms with Gasteiger partial charge in [-0.05, 0) is 31.2 Å². The van der Waals surface area contributed by atoms with Gasteiger partial charge in [0.1, 0.15) is 5.75 Å². The molecule has 4 heteroatoms. The number of hydrogen-bond donors (Lipinski definition) is 1. The Bertz CT molecular complexity index is 546. The van der Waals surface area contributed by atoms with Crippen LogP contribution in [0, 0.1) is 6.92 Å². The van der Waals surface area contributed by atoms with Crippen molar-refractivity contribution in [1.82, 2.24) is 10.3 Å². The lowest BCUT2D eigenvalue weighted by molar-refractivity contribution is 0.415. The van der Waals surface area contributed by atoms with Crippen LogP contribution in [0.2, 0.25) is 0 Å². The number of aryl methyl sites for hydroxylation is 1. The first-order valence-electron chi connectivity index (χ1n) is 6.94. The van der Waals surface area contributed by atoms with E-state index in [1.165, 1.54) is 9.88 Å². The molecule has 1 heterocycles. The van der Waals surface area contributed by atoms with Crippen molar-refractivity contribution in [3.63, 3.8) is 0 Å². The molecule has 0 atom stereocenters. The normalized spacial score (nSPS) is 11.1. The number of methoxy groups -OCH3 is 1. The van der Waals surface area contributed by atoms with Crippen LogP contribution >= 0.6 is 11.3 Å². The molecular weight excluding hydrogens is 268 g/mol. The lowest BCUT2D eigenvalue weighted by Crippen LogP contribution is -2.24. The monoisotopic (exact) mass is 290 g/mol. The van der Waals surface area contributed by atoms with Crippen molar-refractivity contribution in [2.24, 2.45) is 0 Å². The van der Waals surface area contributed by atoms with Crippen molar-refractivity contribution < 1.29 is 4.74 Å². The molecule has 0 aliphatic heterocycles. The molecule has 0 aliphatic carbocycles. The minimum absolute atomic E-state index is 0.525. The molecule has 20 heavy (non-hydrogen) atoms.